The lowest BCUT2D eigenvalue weighted by molar-refractivity contribution is -0.157. The first-order valence-electron chi connectivity index (χ1n) is 10.7. The maximum Gasteiger partial charge on any atom is 0.252 e. The van der Waals surface area contributed by atoms with Crippen molar-refractivity contribution < 1.29 is 13.2 Å². The van der Waals surface area contributed by atoms with E-state index in [-0.39, 0.29) is 42.3 Å². The molecule has 2 aromatic rings. The molecule has 2 aromatic carbocycles. The highest BCUT2D eigenvalue weighted by atomic mass is 35.5. The van der Waals surface area contributed by atoms with E-state index in [1.54, 1.807) is 48.3 Å². The summed E-state index contributed by atoms with van der Waals surface area (Å²) in [6.45, 7) is 3.76. The number of rotatable bonds is 4. The number of hydrogen-bond donors (Lipinski definition) is 1. The molecule has 0 spiro atoms. The summed E-state index contributed by atoms with van der Waals surface area (Å²) in [4.78, 5) is 15.1. The van der Waals surface area contributed by atoms with Crippen molar-refractivity contribution in [3.05, 3.63) is 41.4 Å². The first-order valence-corrected chi connectivity index (χ1v) is 12.5. The standard InChI is InChI=1S/C22H28ClN5O3S.ClH/c1-16(24)26-9-7-20(8-10-26)25(2)28-12-11-27(15-22(28)29)32(30,31)21-6-4-17-13-19(23)5-3-18(17)14-21;/h3-6,13-14,20,24H,7-12,15H2,1-2H3;1H. The number of sulfonamides is 1. The van der Waals surface area contributed by atoms with Gasteiger partial charge in [0.2, 0.25) is 10.0 Å². The Bertz CT molecular complexity index is 1150. The van der Waals surface area contributed by atoms with Crippen LogP contribution in [0.4, 0.5) is 0 Å². The Morgan fingerprint density at radius 1 is 1.06 bits per heavy atom. The van der Waals surface area contributed by atoms with E-state index in [1.165, 1.54) is 4.31 Å². The molecular weight excluding hydrogens is 485 g/mol. The van der Waals surface area contributed by atoms with Crippen LogP contribution in [0.25, 0.3) is 10.8 Å². The predicted octanol–water partition coefficient (Wildman–Crippen LogP) is 3.06. The molecule has 0 atom stereocenters. The third-order valence-corrected chi connectivity index (χ3v) is 8.50. The van der Waals surface area contributed by atoms with E-state index in [0.717, 1.165) is 36.7 Å². The highest BCUT2D eigenvalue weighted by Crippen LogP contribution is 2.26. The average Bonchev–Trinajstić information content (AvgIpc) is 2.78. The molecule has 0 radical (unpaired) electrons. The van der Waals surface area contributed by atoms with Gasteiger partial charge in [-0.3, -0.25) is 15.2 Å². The number of hydrogen-bond acceptors (Lipinski definition) is 5. The number of fused-ring (bicyclic) bond motifs is 1. The van der Waals surface area contributed by atoms with Crippen LogP contribution in [0.3, 0.4) is 0 Å². The second kappa shape index (κ2) is 10.1. The van der Waals surface area contributed by atoms with Crippen LogP contribution >= 0.6 is 24.0 Å². The fourth-order valence-corrected chi connectivity index (χ4v) is 6.05. The van der Waals surface area contributed by atoms with E-state index < -0.39 is 10.0 Å². The molecule has 11 heteroatoms. The first kappa shape index (κ1) is 25.7. The van der Waals surface area contributed by atoms with Gasteiger partial charge in [0.25, 0.3) is 5.91 Å². The number of likely N-dealkylation sites (tertiary alicyclic amines) is 1. The Labute approximate surface area is 206 Å². The lowest BCUT2D eigenvalue weighted by Crippen LogP contribution is -2.60. The summed E-state index contributed by atoms with van der Waals surface area (Å²) in [7, 11) is -1.89. The Balaban J connectivity index is 0.00000306. The maximum atomic E-state index is 13.2. The molecule has 4 rings (SSSR count). The summed E-state index contributed by atoms with van der Waals surface area (Å²) in [5, 5.41) is 13.7. The van der Waals surface area contributed by atoms with Crippen LogP contribution in [0.1, 0.15) is 19.8 Å². The van der Waals surface area contributed by atoms with Gasteiger partial charge >= 0.3 is 0 Å². The fourth-order valence-electron chi connectivity index (χ4n) is 4.46. The minimum absolute atomic E-state index is 0. The average molecular weight is 514 g/mol. The zero-order valence-electron chi connectivity index (χ0n) is 18.7. The molecule has 2 fully saturated rings. The van der Waals surface area contributed by atoms with Crippen molar-refractivity contribution in [2.24, 2.45) is 0 Å². The van der Waals surface area contributed by atoms with Gasteiger partial charge in [-0.2, -0.15) is 4.31 Å². The highest BCUT2D eigenvalue weighted by Gasteiger charge is 2.36. The van der Waals surface area contributed by atoms with Crippen LogP contribution in [0.2, 0.25) is 5.02 Å². The van der Waals surface area contributed by atoms with Gasteiger partial charge in [-0.25, -0.2) is 13.4 Å². The molecule has 2 heterocycles. The van der Waals surface area contributed by atoms with Gasteiger partial charge in [0, 0.05) is 37.7 Å². The van der Waals surface area contributed by atoms with E-state index in [4.69, 9.17) is 17.0 Å². The molecule has 2 aliphatic heterocycles. The molecule has 2 aliphatic rings. The molecule has 33 heavy (non-hydrogen) atoms. The maximum absolute atomic E-state index is 13.2. The SMILES string of the molecule is CC(=N)N1CCC(N(C)N2CCN(S(=O)(=O)c3ccc4cc(Cl)ccc4c3)CC2=O)CC1.Cl. The summed E-state index contributed by atoms with van der Waals surface area (Å²) < 4.78 is 27.7. The number of halogens is 2. The quantitative estimate of drug-likeness (QED) is 0.501. The van der Waals surface area contributed by atoms with Crippen molar-refractivity contribution in [1.82, 2.24) is 19.2 Å². The number of carbonyl (C=O) groups is 1. The van der Waals surface area contributed by atoms with Gasteiger partial charge in [-0.15, -0.1) is 12.4 Å². The topological polar surface area (TPSA) is 88.0 Å². The summed E-state index contributed by atoms with van der Waals surface area (Å²) >= 11 is 6.02. The van der Waals surface area contributed by atoms with Crippen molar-refractivity contribution in [2.45, 2.75) is 30.7 Å². The Morgan fingerprint density at radius 3 is 2.33 bits per heavy atom. The molecule has 0 bridgehead atoms. The number of carbonyl (C=O) groups excluding carboxylic acids is 1. The largest absolute Gasteiger partial charge is 0.361 e. The van der Waals surface area contributed by atoms with Gasteiger partial charge in [0.15, 0.2) is 0 Å². The normalized spacial score (nSPS) is 18.6. The first-order chi connectivity index (χ1) is 15.2. The Morgan fingerprint density at radius 2 is 1.70 bits per heavy atom. The molecule has 0 unspecified atom stereocenters. The van der Waals surface area contributed by atoms with E-state index in [0.29, 0.717) is 17.4 Å². The molecule has 8 nitrogen and oxygen atoms in total. The number of hydrazine groups is 1. The number of piperazine rings is 1. The van der Waals surface area contributed by atoms with E-state index in [9.17, 15) is 13.2 Å². The van der Waals surface area contributed by atoms with Crippen LogP contribution in [0.5, 0.6) is 0 Å². The Kier molecular flexibility index (Phi) is 7.91. The molecular formula is C22H29Cl2N5O3S. The third kappa shape index (κ3) is 5.27. The van der Waals surface area contributed by atoms with Crippen LogP contribution in [0, 0.1) is 5.41 Å². The third-order valence-electron chi connectivity index (χ3n) is 6.42. The van der Waals surface area contributed by atoms with Gasteiger partial charge in [-0.05, 0) is 54.8 Å². The van der Waals surface area contributed by atoms with E-state index >= 15 is 0 Å². The van der Waals surface area contributed by atoms with Gasteiger partial charge in [-0.1, -0.05) is 23.7 Å². The van der Waals surface area contributed by atoms with Gasteiger partial charge in [0.05, 0.1) is 23.8 Å². The molecule has 180 valence electrons. The van der Waals surface area contributed by atoms with Crippen LogP contribution in [-0.4, -0.2) is 85.2 Å². The number of benzene rings is 2. The molecule has 2 saturated heterocycles. The molecule has 0 aliphatic carbocycles. The Hall–Kier alpha value is -1.91. The monoisotopic (exact) mass is 513 g/mol. The molecule has 0 aromatic heterocycles. The number of piperidine rings is 1. The minimum atomic E-state index is -3.78. The summed E-state index contributed by atoms with van der Waals surface area (Å²) in [5.41, 5.74) is 0. The zero-order valence-corrected chi connectivity index (χ0v) is 21.1. The highest BCUT2D eigenvalue weighted by molar-refractivity contribution is 7.89. The second-order valence-corrected chi connectivity index (χ2v) is 10.8. The fraction of sp³-hybridized carbons (Fsp3) is 0.455. The van der Waals surface area contributed by atoms with Crippen LogP contribution in [-0.2, 0) is 14.8 Å². The van der Waals surface area contributed by atoms with E-state index in [1.807, 2.05) is 17.0 Å². The van der Waals surface area contributed by atoms with Crippen molar-refractivity contribution in [3.63, 3.8) is 0 Å². The van der Waals surface area contributed by atoms with Gasteiger partial charge in [0.1, 0.15) is 0 Å². The predicted molar refractivity (Wildman–Crippen MR) is 132 cm³/mol. The van der Waals surface area contributed by atoms with Gasteiger partial charge < -0.3 is 4.90 Å². The van der Waals surface area contributed by atoms with E-state index in [2.05, 4.69) is 0 Å². The lowest BCUT2D eigenvalue weighted by atomic mass is 10.0. The van der Waals surface area contributed by atoms with Crippen LogP contribution < -0.4 is 0 Å². The number of amides is 1. The van der Waals surface area contributed by atoms with Crippen molar-refractivity contribution >= 4 is 56.5 Å². The summed E-state index contributed by atoms with van der Waals surface area (Å²) in [5.74, 6) is 0.346. The second-order valence-electron chi connectivity index (χ2n) is 8.39. The molecule has 0 saturated carbocycles. The lowest BCUT2D eigenvalue weighted by Gasteiger charge is -2.44. The van der Waals surface area contributed by atoms with Crippen molar-refractivity contribution in [2.75, 3.05) is 39.8 Å². The zero-order chi connectivity index (χ0) is 23.0. The summed E-state index contributed by atoms with van der Waals surface area (Å²) in [6.07, 6.45) is 1.72. The molecule has 1 amide bonds. The van der Waals surface area contributed by atoms with Crippen molar-refractivity contribution in [1.29, 1.82) is 5.41 Å². The number of nitrogens with one attached hydrogen (secondary N) is 1. The van der Waals surface area contributed by atoms with Crippen molar-refractivity contribution in [3.8, 4) is 0 Å². The minimum Gasteiger partial charge on any atom is -0.361 e. The smallest absolute Gasteiger partial charge is 0.252 e. The number of nitrogens with zero attached hydrogens (tertiary/aromatic N) is 4. The van der Waals surface area contributed by atoms with Crippen LogP contribution in [0.15, 0.2) is 41.3 Å². The summed E-state index contributed by atoms with van der Waals surface area (Å²) in [6, 6.07) is 10.4. The molecule has 1 N–H and O–H groups in total. The number of amidine groups is 1.